The number of aromatic nitrogens is 2. The van der Waals surface area contributed by atoms with Gasteiger partial charge in [-0.05, 0) is 6.07 Å². The second kappa shape index (κ2) is 3.51. The molecule has 0 N–H and O–H groups in total. The fraction of sp³-hybridized carbons (Fsp3) is 0.167. The quantitative estimate of drug-likeness (QED) is 0.478. The van der Waals surface area contributed by atoms with Crippen LogP contribution >= 0.6 is 0 Å². The zero-order valence-electron chi connectivity index (χ0n) is 6.38. The topological polar surface area (TPSA) is 70.2 Å². The minimum Gasteiger partial charge on any atom is -0.400 e. The van der Waals surface area contributed by atoms with E-state index in [0.29, 0.717) is 5.69 Å². The third-order valence-corrected chi connectivity index (χ3v) is 1.14. The summed E-state index contributed by atoms with van der Waals surface area (Å²) in [5.74, 6) is 0. The summed E-state index contributed by atoms with van der Waals surface area (Å²) in [5, 5.41) is 13.7. The molecule has 0 aliphatic rings. The van der Waals surface area contributed by atoms with Gasteiger partial charge in [0.25, 0.3) is 0 Å². The molecule has 0 aromatic carbocycles. The van der Waals surface area contributed by atoms with E-state index in [-0.39, 0.29) is 0 Å². The Labute approximate surface area is 68.2 Å². The maximum Gasteiger partial charge on any atom is 0.236 e. The molecule has 0 amide bonds. The Hall–Kier alpha value is -1.85. The van der Waals surface area contributed by atoms with Crippen molar-refractivity contribution in [3.8, 4) is 0 Å². The number of nitrogens with zero attached hydrogens (tertiary/aromatic N) is 3. The van der Waals surface area contributed by atoms with Crippen molar-refractivity contribution in [2.24, 2.45) is 0 Å². The minimum atomic E-state index is -0.550. The van der Waals surface area contributed by atoms with Crippen LogP contribution in [0.25, 0.3) is 6.08 Å². The summed E-state index contributed by atoms with van der Waals surface area (Å²) in [4.78, 5) is 15.3. The lowest BCUT2D eigenvalue weighted by molar-refractivity contribution is -0.401. The molecule has 0 atom stereocenters. The van der Waals surface area contributed by atoms with E-state index >= 15 is 0 Å². The first-order chi connectivity index (χ1) is 5.72. The Morgan fingerprint density at radius 1 is 1.83 bits per heavy atom. The predicted molar refractivity (Wildman–Crippen MR) is 40.8 cm³/mol. The van der Waals surface area contributed by atoms with Crippen LogP contribution in [0.2, 0.25) is 0 Å². The summed E-state index contributed by atoms with van der Waals surface area (Å²) in [6.45, 7) is 0. The van der Waals surface area contributed by atoms with Crippen LogP contribution in [0.1, 0.15) is 5.69 Å². The van der Waals surface area contributed by atoms with Crippen molar-refractivity contribution in [1.29, 1.82) is 0 Å². The molecule has 0 bridgehead atoms. The lowest BCUT2D eigenvalue weighted by atomic mass is 10.4. The molecule has 0 aliphatic heterocycles. The maximum atomic E-state index is 9.90. The molecule has 0 saturated carbocycles. The number of rotatable bonds is 3. The zero-order valence-corrected chi connectivity index (χ0v) is 6.38. The summed E-state index contributed by atoms with van der Waals surface area (Å²) in [6.07, 6.45) is 3.66. The monoisotopic (exact) mass is 169 g/mol. The highest BCUT2D eigenvalue weighted by Gasteiger charge is 1.94. The van der Waals surface area contributed by atoms with Crippen molar-refractivity contribution < 1.29 is 9.76 Å². The van der Waals surface area contributed by atoms with Crippen LogP contribution in [0.3, 0.4) is 0 Å². The SMILES string of the molecule is COn1ccc(C=C[N+](=O)[O-])n1. The Balaban J connectivity index is 2.70. The van der Waals surface area contributed by atoms with Crippen molar-refractivity contribution in [2.75, 3.05) is 7.11 Å². The van der Waals surface area contributed by atoms with Crippen LogP contribution in [0.5, 0.6) is 0 Å². The number of hydrogen-bond acceptors (Lipinski definition) is 4. The van der Waals surface area contributed by atoms with E-state index in [0.717, 1.165) is 6.20 Å². The van der Waals surface area contributed by atoms with Gasteiger partial charge in [-0.3, -0.25) is 10.1 Å². The van der Waals surface area contributed by atoms with Crippen LogP contribution in [-0.2, 0) is 0 Å². The van der Waals surface area contributed by atoms with Crippen LogP contribution in [0.4, 0.5) is 0 Å². The molecule has 0 unspecified atom stereocenters. The van der Waals surface area contributed by atoms with Gasteiger partial charge >= 0.3 is 0 Å². The largest absolute Gasteiger partial charge is 0.400 e. The van der Waals surface area contributed by atoms with Gasteiger partial charge < -0.3 is 4.84 Å². The highest BCUT2D eigenvalue weighted by Crippen LogP contribution is 1.96. The molecule has 0 spiro atoms. The Bertz CT molecular complexity index is 305. The maximum absolute atomic E-state index is 9.90. The Morgan fingerprint density at radius 2 is 2.58 bits per heavy atom. The fourth-order valence-corrected chi connectivity index (χ4v) is 0.648. The highest BCUT2D eigenvalue weighted by atomic mass is 16.7. The van der Waals surface area contributed by atoms with E-state index in [4.69, 9.17) is 4.84 Å². The van der Waals surface area contributed by atoms with Gasteiger partial charge in [0.1, 0.15) is 7.11 Å². The summed E-state index contributed by atoms with van der Waals surface area (Å²) in [5.41, 5.74) is 0.480. The molecule has 1 heterocycles. The van der Waals surface area contributed by atoms with Crippen LogP contribution in [-0.4, -0.2) is 22.0 Å². The minimum absolute atomic E-state index is 0.480. The van der Waals surface area contributed by atoms with E-state index in [1.165, 1.54) is 18.0 Å². The van der Waals surface area contributed by atoms with Crippen LogP contribution in [0, 0.1) is 10.1 Å². The van der Waals surface area contributed by atoms with Gasteiger partial charge in [0.2, 0.25) is 6.20 Å². The molecule has 6 nitrogen and oxygen atoms in total. The molecular weight excluding hydrogens is 162 g/mol. The predicted octanol–water partition coefficient (Wildman–Crippen LogP) is 0.189. The third-order valence-electron chi connectivity index (χ3n) is 1.14. The lowest BCUT2D eigenvalue weighted by Gasteiger charge is -1.92. The molecule has 1 aromatic rings. The van der Waals surface area contributed by atoms with Crippen molar-refractivity contribution in [3.05, 3.63) is 34.3 Å². The first kappa shape index (κ1) is 8.25. The smallest absolute Gasteiger partial charge is 0.236 e. The van der Waals surface area contributed by atoms with Crippen molar-refractivity contribution in [1.82, 2.24) is 9.94 Å². The average Bonchev–Trinajstić information content (AvgIpc) is 2.48. The standard InChI is InChI=1S/C6H7N3O3/c1-12-8-4-2-6(7-8)3-5-9(10)11/h2-5H,1H3. The molecule has 0 radical (unpaired) electrons. The highest BCUT2D eigenvalue weighted by molar-refractivity contribution is 5.41. The number of hydrogen-bond donors (Lipinski definition) is 0. The van der Waals surface area contributed by atoms with Gasteiger partial charge in [0.15, 0.2) is 0 Å². The van der Waals surface area contributed by atoms with E-state index in [1.807, 2.05) is 0 Å². The fourth-order valence-electron chi connectivity index (χ4n) is 0.648. The first-order valence-electron chi connectivity index (χ1n) is 3.14. The second-order valence-corrected chi connectivity index (χ2v) is 1.93. The molecule has 1 aromatic heterocycles. The summed E-state index contributed by atoms with van der Waals surface area (Å²) < 4.78 is 0. The second-order valence-electron chi connectivity index (χ2n) is 1.93. The number of nitro groups is 1. The lowest BCUT2D eigenvalue weighted by Crippen LogP contribution is -2.05. The Morgan fingerprint density at radius 3 is 3.08 bits per heavy atom. The van der Waals surface area contributed by atoms with Crippen LogP contribution < -0.4 is 4.84 Å². The third kappa shape index (κ3) is 2.08. The molecule has 12 heavy (non-hydrogen) atoms. The van der Waals surface area contributed by atoms with Gasteiger partial charge in [0, 0.05) is 6.08 Å². The Kier molecular flexibility index (Phi) is 2.42. The molecule has 64 valence electrons. The van der Waals surface area contributed by atoms with Gasteiger partial charge in [-0.2, -0.15) is 0 Å². The summed E-state index contributed by atoms with van der Waals surface area (Å²) >= 11 is 0. The molecule has 0 aliphatic carbocycles. The van der Waals surface area contributed by atoms with Crippen molar-refractivity contribution in [2.45, 2.75) is 0 Å². The normalized spacial score (nSPS) is 10.4. The van der Waals surface area contributed by atoms with Gasteiger partial charge in [-0.1, -0.05) is 0 Å². The van der Waals surface area contributed by atoms with Crippen LogP contribution in [0.15, 0.2) is 18.5 Å². The van der Waals surface area contributed by atoms with E-state index in [1.54, 1.807) is 12.3 Å². The molecule has 1 rings (SSSR count). The zero-order chi connectivity index (χ0) is 8.97. The van der Waals surface area contributed by atoms with E-state index in [2.05, 4.69) is 5.10 Å². The average molecular weight is 169 g/mol. The molecule has 0 fully saturated rings. The summed E-state index contributed by atoms with van der Waals surface area (Å²) in [7, 11) is 1.45. The van der Waals surface area contributed by atoms with Gasteiger partial charge in [-0.25, -0.2) is 0 Å². The van der Waals surface area contributed by atoms with Gasteiger partial charge in [-0.15, -0.1) is 9.94 Å². The van der Waals surface area contributed by atoms with Crippen molar-refractivity contribution >= 4 is 6.08 Å². The molecular formula is C6H7N3O3. The molecule has 6 heteroatoms. The summed E-state index contributed by atoms with van der Waals surface area (Å²) in [6, 6.07) is 1.60. The first-order valence-corrected chi connectivity index (χ1v) is 3.14. The van der Waals surface area contributed by atoms with E-state index in [9.17, 15) is 10.1 Å². The van der Waals surface area contributed by atoms with E-state index < -0.39 is 4.92 Å². The van der Waals surface area contributed by atoms with Crippen molar-refractivity contribution in [3.63, 3.8) is 0 Å². The van der Waals surface area contributed by atoms with Gasteiger partial charge in [0.05, 0.1) is 16.8 Å². The molecule has 0 saturated heterocycles.